The molecular weight excluding hydrogens is 438 g/mol. The van der Waals surface area contributed by atoms with Crippen LogP contribution < -0.4 is 0 Å². The van der Waals surface area contributed by atoms with Crippen molar-refractivity contribution >= 4 is 28.2 Å². The average molecular weight is 460 g/mol. The summed E-state index contributed by atoms with van der Waals surface area (Å²) in [6, 6.07) is 8.29. The maximum Gasteiger partial charge on any atom is 0.268 e. The Morgan fingerprint density at radius 2 is 2.09 bits per heavy atom. The number of hydrogen-bond donors (Lipinski definition) is 0. The van der Waals surface area contributed by atoms with E-state index in [0.717, 1.165) is 22.5 Å². The number of fused-ring (bicyclic) bond motifs is 2. The van der Waals surface area contributed by atoms with Gasteiger partial charge >= 0.3 is 0 Å². The fraction of sp³-hybridized carbons (Fsp3) is 0.308. The zero-order valence-corrected chi connectivity index (χ0v) is 18.3. The minimum absolute atomic E-state index is 0.134. The Balaban J connectivity index is 1.35. The smallest absolute Gasteiger partial charge is 0.268 e. The Bertz CT molecular complexity index is 1310. The van der Waals surface area contributed by atoms with E-state index in [2.05, 4.69) is 40.5 Å². The first-order valence-corrected chi connectivity index (χ1v) is 11.2. The summed E-state index contributed by atoms with van der Waals surface area (Å²) in [5.41, 5.74) is 3.04. The van der Waals surface area contributed by atoms with Crippen molar-refractivity contribution in [3.05, 3.63) is 72.2 Å². The molecule has 0 radical (unpaired) electrons. The number of allylic oxidation sites excluding steroid dienone is 2. The molecule has 1 amide bonds. The molecule has 1 unspecified atom stereocenters. The monoisotopic (exact) mass is 460 g/mol. The number of amides is 1. The van der Waals surface area contributed by atoms with Crippen molar-refractivity contribution in [2.24, 2.45) is 0 Å². The number of benzene rings is 1. The fourth-order valence-corrected chi connectivity index (χ4v) is 4.72. The molecule has 34 heavy (non-hydrogen) atoms. The Hall–Kier alpha value is -3.86. The minimum atomic E-state index is -3.08. The Morgan fingerprint density at radius 1 is 1.24 bits per heavy atom. The summed E-state index contributed by atoms with van der Waals surface area (Å²) < 4.78 is 27.3. The molecule has 3 aliphatic heterocycles. The number of carbonyl (C=O) groups excluding carboxylic acids is 2. The molecule has 6 nitrogen and oxygen atoms in total. The number of hydrogen-bond acceptors (Lipinski definition) is 5. The lowest BCUT2D eigenvalue weighted by atomic mass is 9.96. The predicted molar refractivity (Wildman–Crippen MR) is 122 cm³/mol. The molecule has 2 aromatic rings. The predicted octanol–water partition coefficient (Wildman–Crippen LogP) is 4.46. The van der Waals surface area contributed by atoms with Crippen molar-refractivity contribution in [1.29, 1.82) is 5.26 Å². The van der Waals surface area contributed by atoms with Crippen LogP contribution in [0.5, 0.6) is 0 Å². The van der Waals surface area contributed by atoms with E-state index in [9.17, 15) is 18.4 Å². The number of halogens is 2. The summed E-state index contributed by atoms with van der Waals surface area (Å²) in [6.45, 7) is -0.782. The van der Waals surface area contributed by atoms with Gasteiger partial charge in [-0.1, -0.05) is 24.3 Å². The molecule has 0 spiro atoms. The van der Waals surface area contributed by atoms with E-state index in [4.69, 9.17) is 5.26 Å². The van der Waals surface area contributed by atoms with Crippen LogP contribution in [-0.4, -0.2) is 51.0 Å². The number of aromatic nitrogens is 1. The van der Waals surface area contributed by atoms with Gasteiger partial charge in [-0.05, 0) is 35.8 Å². The van der Waals surface area contributed by atoms with Crippen molar-refractivity contribution in [2.45, 2.75) is 43.7 Å². The Morgan fingerprint density at radius 3 is 2.91 bits per heavy atom. The number of pyridine rings is 1. The van der Waals surface area contributed by atoms with Crippen LogP contribution in [0, 0.1) is 11.3 Å². The first-order chi connectivity index (χ1) is 16.3. The fourth-order valence-electron chi connectivity index (χ4n) is 4.72. The third-order valence-electron chi connectivity index (χ3n) is 6.50. The summed E-state index contributed by atoms with van der Waals surface area (Å²) in [6.07, 6.45) is 12.0. The second-order valence-corrected chi connectivity index (χ2v) is 8.82. The van der Waals surface area contributed by atoms with Gasteiger partial charge < -0.3 is 9.80 Å². The van der Waals surface area contributed by atoms with Crippen molar-refractivity contribution in [2.75, 3.05) is 6.54 Å². The van der Waals surface area contributed by atoms with Crippen LogP contribution in [0.2, 0.25) is 0 Å². The van der Waals surface area contributed by atoms with E-state index >= 15 is 0 Å². The summed E-state index contributed by atoms with van der Waals surface area (Å²) in [5.74, 6) is -3.96. The SMILES string of the molecule is N#C[C@@H]1CC(F)(F)CN1C(=O)CCC(=O)c1ccnc2ccc(C3=CN4C=CCC4C=C3)cc12. The Kier molecular flexibility index (Phi) is 5.48. The minimum Gasteiger partial charge on any atom is -0.347 e. The molecule has 0 N–H and O–H groups in total. The molecule has 1 aromatic carbocycles. The third kappa shape index (κ3) is 4.10. The standard InChI is InChI=1S/C26H22F2N4O2/c27-26(28)13-20(14-29)32(16-26)25(34)8-7-24(33)21-9-10-30-23-6-4-17(12-22(21)23)18-3-5-19-2-1-11-31(19)15-18/h1,3-6,9-12,15,19-20H,2,7-8,13,16H2/t19?,20-/m0/s1. The third-order valence-corrected chi connectivity index (χ3v) is 6.50. The lowest BCUT2D eigenvalue weighted by molar-refractivity contribution is -0.132. The van der Waals surface area contributed by atoms with Gasteiger partial charge in [-0.2, -0.15) is 5.26 Å². The van der Waals surface area contributed by atoms with E-state index in [1.165, 1.54) is 0 Å². The largest absolute Gasteiger partial charge is 0.347 e. The van der Waals surface area contributed by atoms with Gasteiger partial charge in [0, 0.05) is 48.8 Å². The molecular formula is C26H22F2N4O2. The van der Waals surface area contributed by atoms with E-state index in [1.807, 2.05) is 18.2 Å². The average Bonchev–Trinajstić information content (AvgIpc) is 3.44. The molecule has 8 heteroatoms. The van der Waals surface area contributed by atoms with E-state index in [1.54, 1.807) is 18.3 Å². The maximum atomic E-state index is 13.7. The van der Waals surface area contributed by atoms with E-state index in [0.29, 0.717) is 22.5 Å². The molecule has 4 heterocycles. The first kappa shape index (κ1) is 22.0. The number of nitriles is 1. The molecule has 1 saturated heterocycles. The van der Waals surface area contributed by atoms with Crippen LogP contribution in [0.4, 0.5) is 8.78 Å². The first-order valence-electron chi connectivity index (χ1n) is 11.2. The van der Waals surface area contributed by atoms with Gasteiger partial charge in [0.1, 0.15) is 6.04 Å². The van der Waals surface area contributed by atoms with Crippen LogP contribution in [0.1, 0.15) is 41.6 Å². The van der Waals surface area contributed by atoms with Gasteiger partial charge in [0.05, 0.1) is 24.2 Å². The normalized spacial score (nSPS) is 22.6. The molecule has 0 saturated carbocycles. The zero-order valence-electron chi connectivity index (χ0n) is 18.3. The van der Waals surface area contributed by atoms with Gasteiger partial charge in [-0.25, -0.2) is 8.78 Å². The number of nitrogens with zero attached hydrogens (tertiary/aromatic N) is 4. The van der Waals surface area contributed by atoms with Crippen molar-refractivity contribution in [1.82, 2.24) is 14.8 Å². The second kappa shape index (κ2) is 8.49. The topological polar surface area (TPSA) is 77.3 Å². The molecule has 2 atom stereocenters. The van der Waals surface area contributed by atoms with Crippen LogP contribution in [0.15, 0.2) is 61.1 Å². The van der Waals surface area contributed by atoms with Gasteiger partial charge in [0.15, 0.2) is 5.78 Å². The summed E-state index contributed by atoms with van der Waals surface area (Å²) in [5, 5.41) is 9.78. The summed E-state index contributed by atoms with van der Waals surface area (Å²) in [7, 11) is 0. The van der Waals surface area contributed by atoms with E-state index < -0.39 is 30.8 Å². The molecule has 172 valence electrons. The molecule has 3 aliphatic rings. The molecule has 0 bridgehead atoms. The van der Waals surface area contributed by atoms with Crippen LogP contribution in [0.3, 0.4) is 0 Å². The highest BCUT2D eigenvalue weighted by Gasteiger charge is 2.47. The van der Waals surface area contributed by atoms with Crippen molar-refractivity contribution in [3.8, 4) is 6.07 Å². The van der Waals surface area contributed by atoms with Crippen molar-refractivity contribution < 1.29 is 18.4 Å². The van der Waals surface area contributed by atoms with Gasteiger partial charge in [0.2, 0.25) is 5.91 Å². The van der Waals surface area contributed by atoms with E-state index in [-0.39, 0.29) is 18.6 Å². The highest BCUT2D eigenvalue weighted by molar-refractivity contribution is 6.08. The maximum absolute atomic E-state index is 13.7. The number of carbonyl (C=O) groups is 2. The second-order valence-electron chi connectivity index (χ2n) is 8.82. The molecule has 1 fully saturated rings. The number of rotatable bonds is 5. The van der Waals surface area contributed by atoms with Crippen LogP contribution >= 0.6 is 0 Å². The number of likely N-dealkylation sites (tertiary alicyclic amines) is 1. The number of alkyl halides is 2. The lowest BCUT2D eigenvalue weighted by Crippen LogP contribution is -2.36. The van der Waals surface area contributed by atoms with Gasteiger partial charge in [-0.3, -0.25) is 14.6 Å². The molecule has 0 aliphatic carbocycles. The molecule has 5 rings (SSSR count). The highest BCUT2D eigenvalue weighted by atomic mass is 19.3. The molecule has 1 aromatic heterocycles. The summed E-state index contributed by atoms with van der Waals surface area (Å²) in [4.78, 5) is 32.9. The Labute approximate surface area is 195 Å². The zero-order chi connectivity index (χ0) is 23.9. The van der Waals surface area contributed by atoms with Crippen molar-refractivity contribution in [3.63, 3.8) is 0 Å². The van der Waals surface area contributed by atoms with Crippen LogP contribution in [-0.2, 0) is 4.79 Å². The highest BCUT2D eigenvalue weighted by Crippen LogP contribution is 2.33. The quantitative estimate of drug-likeness (QED) is 0.616. The van der Waals surface area contributed by atoms with Crippen LogP contribution in [0.25, 0.3) is 16.5 Å². The van der Waals surface area contributed by atoms with Gasteiger partial charge in [-0.15, -0.1) is 0 Å². The van der Waals surface area contributed by atoms with Gasteiger partial charge in [0.25, 0.3) is 5.92 Å². The summed E-state index contributed by atoms with van der Waals surface area (Å²) >= 11 is 0. The number of Topliss-reactive ketones (excluding diaryl/α,β-unsaturated/α-hetero) is 1. The lowest BCUT2D eigenvalue weighted by Gasteiger charge is -2.24. The number of ketones is 1.